The summed E-state index contributed by atoms with van der Waals surface area (Å²) in [6, 6.07) is 6.46. The van der Waals surface area contributed by atoms with Gasteiger partial charge in [0.15, 0.2) is 0 Å². The summed E-state index contributed by atoms with van der Waals surface area (Å²) in [5.41, 5.74) is 1.03. The van der Waals surface area contributed by atoms with Crippen molar-refractivity contribution in [2.45, 2.75) is 17.7 Å². The molecule has 1 amide bonds. The van der Waals surface area contributed by atoms with Crippen LogP contribution in [0.2, 0.25) is 0 Å². The Morgan fingerprint density at radius 3 is 2.42 bits per heavy atom. The first-order valence-electron chi connectivity index (χ1n) is 5.90. The Bertz CT molecular complexity index is 499. The molecule has 1 aromatic rings. The van der Waals surface area contributed by atoms with E-state index in [4.69, 9.17) is 27.9 Å². The highest BCUT2D eigenvalue weighted by Crippen LogP contribution is 2.53. The van der Waals surface area contributed by atoms with Gasteiger partial charge in [0.05, 0.1) is 18.1 Å². The van der Waals surface area contributed by atoms with Gasteiger partial charge in [0, 0.05) is 5.69 Å². The van der Waals surface area contributed by atoms with Crippen LogP contribution < -0.4 is 5.32 Å². The molecule has 6 heteroatoms. The fraction of sp³-hybridized carbons (Fsp3) is 0.385. The van der Waals surface area contributed by atoms with Crippen LogP contribution in [0.15, 0.2) is 24.3 Å². The second-order valence-corrected chi connectivity index (χ2v) is 5.85. The van der Waals surface area contributed by atoms with Crippen LogP contribution in [0, 0.1) is 5.92 Å². The molecular weight excluding hydrogens is 289 g/mol. The van der Waals surface area contributed by atoms with Crippen LogP contribution in [-0.4, -0.2) is 22.8 Å². The van der Waals surface area contributed by atoms with Crippen molar-refractivity contribution in [3.8, 4) is 0 Å². The normalized spacial score (nSPS) is 19.6. The summed E-state index contributed by atoms with van der Waals surface area (Å²) in [6.07, 6.45) is 0.461. The zero-order valence-corrected chi connectivity index (χ0v) is 11.8. The van der Waals surface area contributed by atoms with Crippen molar-refractivity contribution in [3.05, 3.63) is 29.8 Å². The molecule has 4 nitrogen and oxygen atoms in total. The zero-order chi connectivity index (χ0) is 14.0. The lowest BCUT2D eigenvalue weighted by molar-refractivity contribution is -0.117. The lowest BCUT2D eigenvalue weighted by atomic mass is 10.2. The number of ether oxygens (including phenoxy) is 1. The van der Waals surface area contributed by atoms with E-state index in [0.717, 1.165) is 0 Å². The molecule has 102 valence electrons. The van der Waals surface area contributed by atoms with Gasteiger partial charge in [-0.1, -0.05) is 0 Å². The number of benzene rings is 1. The SMILES string of the molecule is CCOC(=O)c1ccc(NC(=O)C2CC2(Cl)Cl)cc1. The first kappa shape index (κ1) is 14.2. The third kappa shape index (κ3) is 3.39. The minimum absolute atomic E-state index is 0.214. The minimum atomic E-state index is -0.936. The minimum Gasteiger partial charge on any atom is -0.462 e. The van der Waals surface area contributed by atoms with Crippen molar-refractivity contribution in [1.82, 2.24) is 0 Å². The van der Waals surface area contributed by atoms with Gasteiger partial charge in [-0.2, -0.15) is 0 Å². The lowest BCUT2D eigenvalue weighted by Gasteiger charge is -2.06. The van der Waals surface area contributed by atoms with E-state index in [1.807, 2.05) is 0 Å². The molecule has 0 aliphatic heterocycles. The molecule has 1 fully saturated rings. The molecule has 1 unspecified atom stereocenters. The van der Waals surface area contributed by atoms with Gasteiger partial charge in [-0.05, 0) is 37.6 Å². The first-order chi connectivity index (χ1) is 8.94. The number of rotatable bonds is 4. The molecule has 1 atom stereocenters. The van der Waals surface area contributed by atoms with E-state index in [1.165, 1.54) is 0 Å². The van der Waals surface area contributed by atoms with Crippen LogP contribution >= 0.6 is 23.2 Å². The van der Waals surface area contributed by atoms with Gasteiger partial charge in [0.25, 0.3) is 0 Å². The van der Waals surface area contributed by atoms with E-state index in [2.05, 4.69) is 5.32 Å². The van der Waals surface area contributed by atoms with Gasteiger partial charge in [-0.25, -0.2) is 4.79 Å². The smallest absolute Gasteiger partial charge is 0.338 e. The van der Waals surface area contributed by atoms with Gasteiger partial charge in [0.2, 0.25) is 5.91 Å². The van der Waals surface area contributed by atoms with E-state index in [-0.39, 0.29) is 17.8 Å². The first-order valence-corrected chi connectivity index (χ1v) is 6.65. The molecule has 0 aromatic heterocycles. The molecular formula is C13H13Cl2NO3. The number of carbonyl (C=O) groups is 2. The third-order valence-corrected chi connectivity index (χ3v) is 3.64. The van der Waals surface area contributed by atoms with E-state index < -0.39 is 4.33 Å². The number of amides is 1. The van der Waals surface area contributed by atoms with Crippen LogP contribution in [0.5, 0.6) is 0 Å². The van der Waals surface area contributed by atoms with Gasteiger partial charge >= 0.3 is 5.97 Å². The standard InChI is InChI=1S/C13H13Cl2NO3/c1-2-19-12(18)8-3-5-9(6-4-8)16-11(17)10-7-13(10,14)15/h3-6,10H,2,7H2,1H3,(H,16,17). The maximum Gasteiger partial charge on any atom is 0.338 e. The highest BCUT2D eigenvalue weighted by Gasteiger charge is 2.56. The van der Waals surface area contributed by atoms with Crippen molar-refractivity contribution >= 4 is 40.8 Å². The fourth-order valence-electron chi connectivity index (χ4n) is 1.63. The zero-order valence-electron chi connectivity index (χ0n) is 10.3. The number of hydrogen-bond donors (Lipinski definition) is 1. The summed E-state index contributed by atoms with van der Waals surface area (Å²) in [6.45, 7) is 2.07. The molecule has 0 heterocycles. The number of carbonyl (C=O) groups excluding carboxylic acids is 2. The quantitative estimate of drug-likeness (QED) is 0.687. The number of hydrogen-bond acceptors (Lipinski definition) is 3. The molecule has 0 bridgehead atoms. The Labute approximate surface area is 121 Å². The van der Waals surface area contributed by atoms with E-state index in [0.29, 0.717) is 24.3 Å². The maximum absolute atomic E-state index is 11.7. The molecule has 19 heavy (non-hydrogen) atoms. The van der Waals surface area contributed by atoms with Gasteiger partial charge in [-0.3, -0.25) is 4.79 Å². The summed E-state index contributed by atoms with van der Waals surface area (Å²) in [7, 11) is 0. The predicted molar refractivity (Wildman–Crippen MR) is 73.6 cm³/mol. The largest absolute Gasteiger partial charge is 0.462 e. The van der Waals surface area contributed by atoms with Gasteiger partial charge in [-0.15, -0.1) is 23.2 Å². The van der Waals surface area contributed by atoms with Crippen molar-refractivity contribution in [1.29, 1.82) is 0 Å². The summed E-state index contributed by atoms with van der Waals surface area (Å²) >= 11 is 11.6. The van der Waals surface area contributed by atoms with Crippen molar-refractivity contribution < 1.29 is 14.3 Å². The number of nitrogens with one attached hydrogen (secondary N) is 1. The molecule has 1 aliphatic rings. The summed E-state index contributed by atoms with van der Waals surface area (Å²) in [5.74, 6) is -0.974. The van der Waals surface area contributed by atoms with Crippen LogP contribution in [0.3, 0.4) is 0 Å². The van der Waals surface area contributed by atoms with Gasteiger partial charge in [0.1, 0.15) is 4.33 Å². The Morgan fingerprint density at radius 2 is 1.95 bits per heavy atom. The molecule has 0 radical (unpaired) electrons. The predicted octanol–water partition coefficient (Wildman–Crippen LogP) is 3.00. The highest BCUT2D eigenvalue weighted by molar-refractivity contribution is 6.52. The Hall–Kier alpha value is -1.26. The monoisotopic (exact) mass is 301 g/mol. The Balaban J connectivity index is 1.96. The number of esters is 1. The molecule has 2 rings (SSSR count). The average Bonchev–Trinajstić information content (AvgIpc) is 3.00. The van der Waals surface area contributed by atoms with Crippen LogP contribution in [0.1, 0.15) is 23.7 Å². The topological polar surface area (TPSA) is 55.4 Å². The average molecular weight is 302 g/mol. The molecule has 1 saturated carbocycles. The molecule has 0 spiro atoms. The van der Waals surface area contributed by atoms with Crippen molar-refractivity contribution in [3.63, 3.8) is 0 Å². The van der Waals surface area contributed by atoms with Crippen molar-refractivity contribution in [2.24, 2.45) is 5.92 Å². The van der Waals surface area contributed by atoms with E-state index >= 15 is 0 Å². The van der Waals surface area contributed by atoms with Crippen LogP contribution in [0.4, 0.5) is 5.69 Å². The molecule has 1 aliphatic carbocycles. The molecule has 1 N–H and O–H groups in total. The Morgan fingerprint density at radius 1 is 1.37 bits per heavy atom. The van der Waals surface area contributed by atoms with Crippen LogP contribution in [-0.2, 0) is 9.53 Å². The fourth-order valence-corrected chi connectivity index (χ4v) is 2.14. The maximum atomic E-state index is 11.7. The second-order valence-electron chi connectivity index (χ2n) is 4.30. The van der Waals surface area contributed by atoms with E-state index in [9.17, 15) is 9.59 Å². The number of anilines is 1. The summed E-state index contributed by atoms with van der Waals surface area (Å²) < 4.78 is 3.93. The Kier molecular flexibility index (Phi) is 4.02. The second kappa shape index (κ2) is 5.39. The van der Waals surface area contributed by atoms with Crippen molar-refractivity contribution in [2.75, 3.05) is 11.9 Å². The molecule has 0 saturated heterocycles. The third-order valence-electron chi connectivity index (χ3n) is 2.81. The number of alkyl halides is 2. The number of halogens is 2. The van der Waals surface area contributed by atoms with Gasteiger partial charge < -0.3 is 10.1 Å². The van der Waals surface area contributed by atoms with E-state index in [1.54, 1.807) is 31.2 Å². The summed E-state index contributed by atoms with van der Waals surface area (Å²) in [4.78, 5) is 23.2. The summed E-state index contributed by atoms with van der Waals surface area (Å²) in [5, 5.41) is 2.70. The van der Waals surface area contributed by atoms with Crippen LogP contribution in [0.25, 0.3) is 0 Å². The lowest BCUT2D eigenvalue weighted by Crippen LogP contribution is -2.16. The highest BCUT2D eigenvalue weighted by atomic mass is 35.5. The molecule has 1 aromatic carbocycles.